The van der Waals surface area contributed by atoms with Crippen LogP contribution >= 0.6 is 0 Å². The third-order valence-corrected chi connectivity index (χ3v) is 4.04. The minimum atomic E-state index is -0.446. The van der Waals surface area contributed by atoms with Gasteiger partial charge in [0.05, 0.1) is 12.7 Å². The number of hydrogen-bond acceptors (Lipinski definition) is 3. The van der Waals surface area contributed by atoms with Gasteiger partial charge in [0.2, 0.25) is 0 Å². The van der Waals surface area contributed by atoms with Crippen molar-refractivity contribution in [3.63, 3.8) is 0 Å². The molecule has 0 aliphatic heterocycles. The van der Waals surface area contributed by atoms with Crippen LogP contribution in [-0.2, 0) is 11.2 Å². The maximum Gasteiger partial charge on any atom is 0.0897 e. The lowest BCUT2D eigenvalue weighted by molar-refractivity contribution is 0.0321. The zero-order chi connectivity index (χ0) is 17.1. The molecule has 0 bridgehead atoms. The molecule has 0 fully saturated rings. The van der Waals surface area contributed by atoms with Crippen LogP contribution in [0.5, 0.6) is 0 Å². The summed E-state index contributed by atoms with van der Waals surface area (Å²) in [5.74, 6) is 0. The van der Waals surface area contributed by atoms with Crippen molar-refractivity contribution in [2.45, 2.75) is 71.4 Å². The van der Waals surface area contributed by atoms with Gasteiger partial charge in [-0.3, -0.25) is 0 Å². The third-order valence-electron chi connectivity index (χ3n) is 4.04. The molecule has 2 N–H and O–H groups in total. The topological polar surface area (TPSA) is 41.5 Å². The molecule has 1 unspecified atom stereocenters. The fourth-order valence-corrected chi connectivity index (χ4v) is 2.58. The average Bonchev–Trinajstić information content (AvgIpc) is 2.51. The van der Waals surface area contributed by atoms with E-state index in [2.05, 4.69) is 57.3 Å². The molecule has 0 spiro atoms. The number of aryl methyl sites for hydroxylation is 1. The highest BCUT2D eigenvalue weighted by molar-refractivity contribution is 5.22. The van der Waals surface area contributed by atoms with E-state index in [4.69, 9.17) is 4.74 Å². The number of β-amino-alcohol motifs (C(OH)–C–C–N with tert-alkyl or cyclic N) is 1. The highest BCUT2D eigenvalue weighted by Crippen LogP contribution is 2.13. The van der Waals surface area contributed by atoms with Gasteiger partial charge in [0, 0.05) is 18.7 Å². The summed E-state index contributed by atoms with van der Waals surface area (Å²) in [7, 11) is 0. The highest BCUT2D eigenvalue weighted by Gasteiger charge is 2.19. The number of hydrogen-bond donors (Lipinski definition) is 2. The molecule has 0 radical (unpaired) electrons. The molecule has 0 saturated carbocycles. The van der Waals surface area contributed by atoms with Crippen molar-refractivity contribution in [3.8, 4) is 0 Å². The minimum Gasteiger partial charge on any atom is -0.389 e. The molecule has 0 heterocycles. The van der Waals surface area contributed by atoms with E-state index in [0.717, 1.165) is 19.4 Å². The molecule has 0 aliphatic carbocycles. The Bertz CT molecular complexity index is 414. The minimum absolute atomic E-state index is 0.0443. The Hall–Kier alpha value is -0.900. The van der Waals surface area contributed by atoms with E-state index in [-0.39, 0.29) is 5.54 Å². The second kappa shape index (κ2) is 10.8. The fourth-order valence-electron chi connectivity index (χ4n) is 2.58. The highest BCUT2D eigenvalue weighted by atomic mass is 16.5. The van der Waals surface area contributed by atoms with E-state index in [1.807, 2.05) is 0 Å². The van der Waals surface area contributed by atoms with Crippen LogP contribution in [0.4, 0.5) is 0 Å². The van der Waals surface area contributed by atoms with Gasteiger partial charge in [-0.2, -0.15) is 0 Å². The Morgan fingerprint density at radius 3 is 2.48 bits per heavy atom. The predicted molar refractivity (Wildman–Crippen MR) is 97.9 cm³/mol. The molecule has 0 amide bonds. The van der Waals surface area contributed by atoms with E-state index in [9.17, 15) is 5.11 Å². The van der Waals surface area contributed by atoms with Gasteiger partial charge in [-0.1, -0.05) is 56.0 Å². The van der Waals surface area contributed by atoms with Crippen LogP contribution in [0, 0.1) is 6.92 Å². The number of aliphatic hydroxyl groups is 1. The number of ether oxygens (including phenoxy) is 1. The molecule has 3 heteroatoms. The van der Waals surface area contributed by atoms with E-state index in [0.29, 0.717) is 13.2 Å². The average molecular weight is 322 g/mol. The lowest BCUT2D eigenvalue weighted by Crippen LogP contribution is -2.46. The van der Waals surface area contributed by atoms with Crippen molar-refractivity contribution in [3.05, 3.63) is 35.4 Å². The van der Waals surface area contributed by atoms with Crippen molar-refractivity contribution in [1.82, 2.24) is 5.32 Å². The molecule has 132 valence electrons. The van der Waals surface area contributed by atoms with Crippen molar-refractivity contribution in [1.29, 1.82) is 0 Å². The molecular formula is C20H35NO2. The van der Waals surface area contributed by atoms with Gasteiger partial charge in [0.25, 0.3) is 0 Å². The van der Waals surface area contributed by atoms with Crippen LogP contribution in [0.3, 0.4) is 0 Å². The fraction of sp³-hybridized carbons (Fsp3) is 0.700. The van der Waals surface area contributed by atoms with E-state index in [1.165, 1.54) is 30.4 Å². The Labute approximate surface area is 142 Å². The van der Waals surface area contributed by atoms with E-state index in [1.54, 1.807) is 0 Å². The predicted octanol–water partition coefficient (Wildman–Crippen LogP) is 3.86. The van der Waals surface area contributed by atoms with Crippen LogP contribution in [0.15, 0.2) is 24.3 Å². The van der Waals surface area contributed by atoms with Crippen molar-refractivity contribution < 1.29 is 9.84 Å². The van der Waals surface area contributed by atoms with Crippen LogP contribution in [0.2, 0.25) is 0 Å². The van der Waals surface area contributed by atoms with Gasteiger partial charge in [0.1, 0.15) is 0 Å². The number of nitrogens with one attached hydrogen (secondary N) is 1. The summed E-state index contributed by atoms with van der Waals surface area (Å²) < 4.78 is 5.55. The first-order valence-electron chi connectivity index (χ1n) is 8.99. The first-order valence-corrected chi connectivity index (χ1v) is 8.99. The van der Waals surface area contributed by atoms with Gasteiger partial charge < -0.3 is 15.2 Å². The Morgan fingerprint density at radius 2 is 1.83 bits per heavy atom. The van der Waals surface area contributed by atoms with E-state index >= 15 is 0 Å². The van der Waals surface area contributed by atoms with Crippen molar-refractivity contribution in [2.24, 2.45) is 0 Å². The molecular weight excluding hydrogens is 286 g/mol. The first kappa shape index (κ1) is 20.1. The molecule has 1 aromatic rings. The Kier molecular flexibility index (Phi) is 9.46. The zero-order valence-electron chi connectivity index (χ0n) is 15.4. The number of aliphatic hydroxyl groups excluding tert-OH is 1. The SMILES string of the molecule is CCCCCCOCC(O)CNC(C)(C)Cc1ccc(C)cc1. The molecule has 23 heavy (non-hydrogen) atoms. The third kappa shape index (κ3) is 9.75. The monoisotopic (exact) mass is 321 g/mol. The number of rotatable bonds is 12. The van der Waals surface area contributed by atoms with E-state index < -0.39 is 6.10 Å². The molecule has 0 saturated heterocycles. The van der Waals surface area contributed by atoms with Crippen LogP contribution in [0.1, 0.15) is 57.6 Å². The van der Waals surface area contributed by atoms with Crippen LogP contribution in [0.25, 0.3) is 0 Å². The summed E-state index contributed by atoms with van der Waals surface area (Å²) in [6.07, 6.45) is 5.31. The first-order chi connectivity index (χ1) is 10.9. The van der Waals surface area contributed by atoms with Crippen molar-refractivity contribution in [2.75, 3.05) is 19.8 Å². The molecule has 1 atom stereocenters. The Morgan fingerprint density at radius 1 is 1.13 bits per heavy atom. The second-order valence-corrected chi connectivity index (χ2v) is 7.22. The largest absolute Gasteiger partial charge is 0.389 e. The molecule has 0 aliphatic rings. The summed E-state index contributed by atoms with van der Waals surface area (Å²) in [6.45, 7) is 10.4. The van der Waals surface area contributed by atoms with Crippen molar-refractivity contribution >= 4 is 0 Å². The smallest absolute Gasteiger partial charge is 0.0897 e. The molecule has 0 aromatic heterocycles. The quantitative estimate of drug-likeness (QED) is 0.574. The molecule has 1 aromatic carbocycles. The maximum absolute atomic E-state index is 10.0. The summed E-state index contributed by atoms with van der Waals surface area (Å²) in [4.78, 5) is 0. The number of benzene rings is 1. The van der Waals surface area contributed by atoms with Gasteiger partial charge in [0.15, 0.2) is 0 Å². The van der Waals surface area contributed by atoms with Crippen LogP contribution < -0.4 is 5.32 Å². The second-order valence-electron chi connectivity index (χ2n) is 7.22. The molecule has 3 nitrogen and oxygen atoms in total. The standard InChI is InChI=1S/C20H35NO2/c1-5-6-7-8-13-23-16-19(22)15-21-20(3,4)14-18-11-9-17(2)10-12-18/h9-12,19,21-22H,5-8,13-16H2,1-4H3. The lowest BCUT2D eigenvalue weighted by atomic mass is 9.94. The Balaban J connectivity index is 2.20. The summed E-state index contributed by atoms with van der Waals surface area (Å²) in [5.41, 5.74) is 2.55. The van der Waals surface area contributed by atoms with Gasteiger partial charge >= 0.3 is 0 Å². The molecule has 1 rings (SSSR count). The van der Waals surface area contributed by atoms with Crippen LogP contribution in [-0.4, -0.2) is 36.5 Å². The normalized spacial score (nSPS) is 13.3. The summed E-state index contributed by atoms with van der Waals surface area (Å²) >= 11 is 0. The summed E-state index contributed by atoms with van der Waals surface area (Å²) in [6, 6.07) is 8.64. The zero-order valence-corrected chi connectivity index (χ0v) is 15.4. The van der Waals surface area contributed by atoms with Gasteiger partial charge in [-0.25, -0.2) is 0 Å². The van der Waals surface area contributed by atoms with Gasteiger partial charge in [-0.05, 0) is 39.2 Å². The lowest BCUT2D eigenvalue weighted by Gasteiger charge is -2.28. The number of unbranched alkanes of at least 4 members (excludes halogenated alkanes) is 3. The summed E-state index contributed by atoms with van der Waals surface area (Å²) in [5, 5.41) is 13.5. The maximum atomic E-state index is 10.0. The van der Waals surface area contributed by atoms with Gasteiger partial charge in [-0.15, -0.1) is 0 Å².